The number of amides is 1. The van der Waals surface area contributed by atoms with Gasteiger partial charge in [-0.25, -0.2) is 4.79 Å². The van der Waals surface area contributed by atoms with Gasteiger partial charge in [0.15, 0.2) is 0 Å². The molecule has 1 aliphatic carbocycles. The molecule has 3 N–H and O–H groups in total. The normalized spacial score (nSPS) is 16.2. The van der Waals surface area contributed by atoms with E-state index in [0.29, 0.717) is 29.5 Å². The first-order valence-corrected chi connectivity index (χ1v) is 16.9. The van der Waals surface area contributed by atoms with Crippen molar-refractivity contribution in [3.05, 3.63) is 53.1 Å². The van der Waals surface area contributed by atoms with Gasteiger partial charge in [0.1, 0.15) is 11.8 Å². The van der Waals surface area contributed by atoms with Gasteiger partial charge in [0.25, 0.3) is 5.91 Å². The van der Waals surface area contributed by atoms with Crippen LogP contribution in [0.25, 0.3) is 11.1 Å². The van der Waals surface area contributed by atoms with Gasteiger partial charge in [0, 0.05) is 11.6 Å². The lowest BCUT2D eigenvalue weighted by molar-refractivity contribution is -0.139. The lowest BCUT2D eigenvalue weighted by Crippen LogP contribution is -2.41. The molecule has 0 aliphatic heterocycles. The summed E-state index contributed by atoms with van der Waals surface area (Å²) in [6.07, 6.45) is 10.1. The highest BCUT2D eigenvalue weighted by atomic mass is 32.2. The lowest BCUT2D eigenvalue weighted by atomic mass is 9.85. The van der Waals surface area contributed by atoms with Crippen LogP contribution in [0.2, 0.25) is 0 Å². The summed E-state index contributed by atoms with van der Waals surface area (Å²) in [7, 11) is 1.63. The van der Waals surface area contributed by atoms with Gasteiger partial charge in [-0.05, 0) is 79.2 Å². The standard InChI is InChI=1S/C32H46N2O4S2/c1-6-40-31(33-22(3)18-23-13-8-7-9-14-23)27-19-25(24-15-11-10-12-21(24)2)26(20-29(27)38-4)30(35)34-28(32(36)37)16-17-39-5/h10-12,15,19-20,22-23,28,31,33H,6-9,13-14,16-18H2,1-5H3,(H,34,35)(H,36,37)/t22?,28-,31?/m0/s1. The predicted molar refractivity (Wildman–Crippen MR) is 170 cm³/mol. The number of ether oxygens (including phenoxy) is 1. The third-order valence-electron chi connectivity index (χ3n) is 7.73. The Labute approximate surface area is 248 Å². The summed E-state index contributed by atoms with van der Waals surface area (Å²) in [6, 6.07) is 11.2. The van der Waals surface area contributed by atoms with E-state index in [0.717, 1.165) is 40.3 Å². The maximum absolute atomic E-state index is 13.6. The number of carbonyl (C=O) groups excluding carboxylic acids is 1. The van der Waals surface area contributed by atoms with Gasteiger partial charge < -0.3 is 15.2 Å². The molecule has 2 aromatic carbocycles. The maximum atomic E-state index is 13.6. The molecule has 0 spiro atoms. The molecule has 0 aromatic heterocycles. The van der Waals surface area contributed by atoms with Crippen molar-refractivity contribution in [3.63, 3.8) is 0 Å². The molecule has 220 valence electrons. The van der Waals surface area contributed by atoms with E-state index in [1.54, 1.807) is 24.9 Å². The second kappa shape index (κ2) is 16.3. The first-order chi connectivity index (χ1) is 19.3. The van der Waals surface area contributed by atoms with Gasteiger partial charge in [-0.3, -0.25) is 10.1 Å². The molecule has 3 rings (SSSR count). The first kappa shape index (κ1) is 32.4. The number of carboxylic acids is 1. The van der Waals surface area contributed by atoms with E-state index in [2.05, 4.69) is 30.5 Å². The molecule has 6 nitrogen and oxygen atoms in total. The van der Waals surface area contributed by atoms with Crippen molar-refractivity contribution in [2.24, 2.45) is 5.92 Å². The zero-order chi connectivity index (χ0) is 29.1. The molecule has 1 saturated carbocycles. The molecular weight excluding hydrogens is 540 g/mol. The van der Waals surface area contributed by atoms with E-state index < -0.39 is 17.9 Å². The molecule has 0 saturated heterocycles. The summed E-state index contributed by atoms with van der Waals surface area (Å²) in [5.74, 6) is 1.53. The third kappa shape index (κ3) is 8.92. The molecular formula is C32H46N2O4S2. The highest BCUT2D eigenvalue weighted by Gasteiger charge is 2.27. The third-order valence-corrected chi connectivity index (χ3v) is 9.43. The summed E-state index contributed by atoms with van der Waals surface area (Å²) in [5, 5.41) is 16.4. The van der Waals surface area contributed by atoms with Crippen LogP contribution in [0.1, 0.15) is 85.7 Å². The largest absolute Gasteiger partial charge is 0.496 e. The number of carbonyl (C=O) groups is 2. The number of hydrogen-bond acceptors (Lipinski definition) is 6. The predicted octanol–water partition coefficient (Wildman–Crippen LogP) is 7.31. The highest BCUT2D eigenvalue weighted by Crippen LogP contribution is 2.40. The van der Waals surface area contributed by atoms with Crippen molar-refractivity contribution in [1.29, 1.82) is 0 Å². The lowest BCUT2D eigenvalue weighted by Gasteiger charge is -2.29. The number of benzene rings is 2. The topological polar surface area (TPSA) is 87.7 Å². The SMILES string of the molecule is CCSC(NC(C)CC1CCCCC1)c1cc(-c2ccccc2C)c(C(=O)N[C@@H](CCSC)C(=O)O)cc1OC. The summed E-state index contributed by atoms with van der Waals surface area (Å²) < 4.78 is 5.88. The summed E-state index contributed by atoms with van der Waals surface area (Å²) in [6.45, 7) is 6.46. The minimum absolute atomic E-state index is 0.00762. The Balaban J connectivity index is 2.02. The number of hydrogen-bond donors (Lipinski definition) is 3. The van der Waals surface area contributed by atoms with Gasteiger partial charge in [-0.15, -0.1) is 11.8 Å². The van der Waals surface area contributed by atoms with E-state index in [-0.39, 0.29) is 5.37 Å². The Bertz CT molecular complexity index is 1120. The summed E-state index contributed by atoms with van der Waals surface area (Å²) >= 11 is 3.38. The minimum atomic E-state index is -1.03. The number of rotatable bonds is 15. The smallest absolute Gasteiger partial charge is 0.326 e. The Morgan fingerprint density at radius 1 is 1.12 bits per heavy atom. The molecule has 1 fully saturated rings. The number of nitrogens with one attached hydrogen (secondary N) is 2. The number of carboxylic acid groups (broad SMARTS) is 1. The Morgan fingerprint density at radius 2 is 1.85 bits per heavy atom. The van der Waals surface area contributed by atoms with Crippen LogP contribution in [0.5, 0.6) is 5.75 Å². The van der Waals surface area contributed by atoms with Gasteiger partial charge in [0.05, 0.1) is 18.0 Å². The molecule has 1 amide bonds. The van der Waals surface area contributed by atoms with Gasteiger partial charge >= 0.3 is 5.97 Å². The molecule has 8 heteroatoms. The van der Waals surface area contributed by atoms with Crippen LogP contribution in [-0.4, -0.2) is 53.9 Å². The molecule has 0 bridgehead atoms. The molecule has 2 aromatic rings. The van der Waals surface area contributed by atoms with Crippen LogP contribution >= 0.6 is 23.5 Å². The van der Waals surface area contributed by atoms with Crippen molar-refractivity contribution in [3.8, 4) is 16.9 Å². The molecule has 2 unspecified atom stereocenters. The minimum Gasteiger partial charge on any atom is -0.496 e. The number of methoxy groups -OCH3 is 1. The van der Waals surface area contributed by atoms with E-state index in [4.69, 9.17) is 4.74 Å². The van der Waals surface area contributed by atoms with Crippen molar-refractivity contribution in [1.82, 2.24) is 10.6 Å². The van der Waals surface area contributed by atoms with Crippen molar-refractivity contribution < 1.29 is 19.4 Å². The first-order valence-electron chi connectivity index (χ1n) is 14.5. The second-order valence-electron chi connectivity index (χ2n) is 10.7. The fraction of sp³-hybridized carbons (Fsp3) is 0.562. The highest BCUT2D eigenvalue weighted by molar-refractivity contribution is 7.99. The molecule has 0 radical (unpaired) electrons. The van der Waals surface area contributed by atoms with Crippen LogP contribution in [-0.2, 0) is 4.79 Å². The van der Waals surface area contributed by atoms with Crippen LogP contribution < -0.4 is 15.4 Å². The Morgan fingerprint density at radius 3 is 2.48 bits per heavy atom. The van der Waals surface area contributed by atoms with Gasteiger partial charge in [-0.2, -0.15) is 11.8 Å². The maximum Gasteiger partial charge on any atom is 0.326 e. The van der Waals surface area contributed by atoms with Crippen LogP contribution in [0.4, 0.5) is 0 Å². The average Bonchev–Trinajstić information content (AvgIpc) is 2.95. The Kier molecular flexibility index (Phi) is 13.2. The van der Waals surface area contributed by atoms with Crippen LogP contribution in [0, 0.1) is 12.8 Å². The quantitative estimate of drug-likeness (QED) is 0.189. The van der Waals surface area contributed by atoms with E-state index in [1.807, 2.05) is 49.2 Å². The van der Waals surface area contributed by atoms with Crippen molar-refractivity contribution in [2.75, 3.05) is 24.9 Å². The van der Waals surface area contributed by atoms with E-state index in [9.17, 15) is 14.7 Å². The second-order valence-corrected chi connectivity index (χ2v) is 13.1. The van der Waals surface area contributed by atoms with Crippen LogP contribution in [0.15, 0.2) is 36.4 Å². The van der Waals surface area contributed by atoms with E-state index in [1.165, 1.54) is 32.1 Å². The summed E-state index contributed by atoms with van der Waals surface area (Å²) in [5.41, 5.74) is 4.19. The molecule has 1 aliphatic rings. The number of aryl methyl sites for hydroxylation is 1. The molecule has 3 atom stereocenters. The fourth-order valence-electron chi connectivity index (χ4n) is 5.64. The fourth-order valence-corrected chi connectivity index (χ4v) is 7.13. The van der Waals surface area contributed by atoms with Gasteiger partial charge in [-0.1, -0.05) is 63.3 Å². The number of thioether (sulfide) groups is 2. The van der Waals surface area contributed by atoms with Crippen molar-refractivity contribution >= 4 is 35.4 Å². The Hall–Kier alpha value is -2.16. The summed E-state index contributed by atoms with van der Waals surface area (Å²) in [4.78, 5) is 25.6. The average molecular weight is 587 g/mol. The zero-order valence-corrected chi connectivity index (χ0v) is 26.3. The van der Waals surface area contributed by atoms with Gasteiger partial charge in [0.2, 0.25) is 0 Å². The number of aliphatic carboxylic acids is 1. The monoisotopic (exact) mass is 586 g/mol. The molecule has 0 heterocycles. The van der Waals surface area contributed by atoms with Crippen LogP contribution in [0.3, 0.4) is 0 Å². The van der Waals surface area contributed by atoms with E-state index >= 15 is 0 Å². The zero-order valence-electron chi connectivity index (χ0n) is 24.6. The van der Waals surface area contributed by atoms with Crippen molar-refractivity contribution in [2.45, 2.75) is 83.2 Å². The molecule has 40 heavy (non-hydrogen) atoms.